The highest BCUT2D eigenvalue weighted by molar-refractivity contribution is 5.92. The number of hydrogen-bond donors (Lipinski definition) is 0. The maximum atomic E-state index is 12.7. The van der Waals surface area contributed by atoms with Crippen molar-refractivity contribution in [1.82, 2.24) is 9.88 Å². The van der Waals surface area contributed by atoms with Crippen molar-refractivity contribution in [3.8, 4) is 0 Å². The van der Waals surface area contributed by atoms with E-state index in [1.807, 2.05) is 24.0 Å². The van der Waals surface area contributed by atoms with Gasteiger partial charge in [-0.3, -0.25) is 4.79 Å². The fourth-order valence-electron chi connectivity index (χ4n) is 3.23. The molecule has 1 aliphatic carbocycles. The van der Waals surface area contributed by atoms with Crippen molar-refractivity contribution in [2.75, 3.05) is 20.3 Å². The van der Waals surface area contributed by atoms with Crippen LogP contribution in [-0.4, -0.2) is 54.3 Å². The molecule has 1 aliphatic heterocycles. The molecule has 1 aromatic heterocycles. The molecule has 2 aliphatic rings. The Morgan fingerprint density at radius 1 is 1.45 bits per heavy atom. The van der Waals surface area contributed by atoms with Crippen LogP contribution in [0.15, 0.2) is 18.2 Å². The van der Waals surface area contributed by atoms with Gasteiger partial charge in [-0.25, -0.2) is 4.98 Å². The van der Waals surface area contributed by atoms with Gasteiger partial charge in [-0.15, -0.1) is 0 Å². The second kappa shape index (κ2) is 5.50. The van der Waals surface area contributed by atoms with Gasteiger partial charge in [-0.2, -0.15) is 0 Å². The van der Waals surface area contributed by atoms with Gasteiger partial charge >= 0.3 is 0 Å². The summed E-state index contributed by atoms with van der Waals surface area (Å²) in [4.78, 5) is 18.9. The van der Waals surface area contributed by atoms with E-state index in [1.54, 1.807) is 13.2 Å². The van der Waals surface area contributed by atoms with Crippen LogP contribution in [0.4, 0.5) is 0 Å². The highest BCUT2D eigenvalue weighted by Gasteiger charge is 2.44. The Bertz CT molecular complexity index is 506. The lowest BCUT2D eigenvalue weighted by Gasteiger charge is -2.38. The number of hydrogen-bond acceptors (Lipinski definition) is 4. The van der Waals surface area contributed by atoms with E-state index >= 15 is 0 Å². The first-order valence-electron chi connectivity index (χ1n) is 7.09. The Kier molecular flexibility index (Phi) is 3.72. The summed E-state index contributed by atoms with van der Waals surface area (Å²) >= 11 is 0. The van der Waals surface area contributed by atoms with E-state index in [9.17, 15) is 4.79 Å². The number of ether oxygens (including phenoxy) is 2. The van der Waals surface area contributed by atoms with E-state index < -0.39 is 0 Å². The van der Waals surface area contributed by atoms with Crippen LogP contribution in [0.25, 0.3) is 0 Å². The molecule has 2 fully saturated rings. The first-order chi connectivity index (χ1) is 9.70. The van der Waals surface area contributed by atoms with Gasteiger partial charge in [-0.1, -0.05) is 6.07 Å². The van der Waals surface area contributed by atoms with Crippen molar-refractivity contribution in [3.05, 3.63) is 29.6 Å². The molecule has 20 heavy (non-hydrogen) atoms. The van der Waals surface area contributed by atoms with Gasteiger partial charge < -0.3 is 14.4 Å². The molecular weight excluding hydrogens is 256 g/mol. The van der Waals surface area contributed by atoms with Crippen LogP contribution in [-0.2, 0) is 9.47 Å². The summed E-state index contributed by atoms with van der Waals surface area (Å²) in [6.45, 7) is 3.10. The number of pyridine rings is 1. The lowest BCUT2D eigenvalue weighted by Crippen LogP contribution is -2.53. The van der Waals surface area contributed by atoms with Crippen LogP contribution in [0.5, 0.6) is 0 Å². The largest absolute Gasteiger partial charge is 0.379 e. The predicted molar refractivity (Wildman–Crippen MR) is 73.6 cm³/mol. The molecule has 0 aromatic carbocycles. The summed E-state index contributed by atoms with van der Waals surface area (Å²) in [6.07, 6.45) is 1.97. The highest BCUT2D eigenvalue weighted by Crippen LogP contribution is 2.32. The van der Waals surface area contributed by atoms with Crippen molar-refractivity contribution in [2.45, 2.75) is 38.0 Å². The monoisotopic (exact) mass is 276 g/mol. The van der Waals surface area contributed by atoms with Gasteiger partial charge in [0.05, 0.1) is 18.8 Å². The number of morpholine rings is 1. The van der Waals surface area contributed by atoms with Gasteiger partial charge in [-0.05, 0) is 31.9 Å². The van der Waals surface area contributed by atoms with Gasteiger partial charge in [0, 0.05) is 19.3 Å². The van der Waals surface area contributed by atoms with Crippen LogP contribution in [0.3, 0.4) is 0 Å². The third-order valence-corrected chi connectivity index (χ3v) is 4.21. The fourth-order valence-corrected chi connectivity index (χ4v) is 3.23. The smallest absolute Gasteiger partial charge is 0.272 e. The maximum absolute atomic E-state index is 12.7. The number of rotatable bonds is 2. The Morgan fingerprint density at radius 3 is 3.05 bits per heavy atom. The Hall–Kier alpha value is -1.46. The Labute approximate surface area is 118 Å². The average Bonchev–Trinajstić information content (AvgIpc) is 2.89. The Balaban J connectivity index is 1.81. The quantitative estimate of drug-likeness (QED) is 0.819. The molecule has 3 atom stereocenters. The third kappa shape index (κ3) is 2.31. The first-order valence-corrected chi connectivity index (χ1v) is 7.09. The van der Waals surface area contributed by atoms with Crippen molar-refractivity contribution >= 4 is 5.91 Å². The minimum Gasteiger partial charge on any atom is -0.379 e. The second-order valence-electron chi connectivity index (χ2n) is 5.42. The molecule has 1 saturated carbocycles. The van der Waals surface area contributed by atoms with E-state index in [2.05, 4.69) is 4.98 Å². The Morgan fingerprint density at radius 2 is 2.30 bits per heavy atom. The van der Waals surface area contributed by atoms with Gasteiger partial charge in [0.15, 0.2) is 0 Å². The molecule has 1 aromatic rings. The summed E-state index contributed by atoms with van der Waals surface area (Å²) < 4.78 is 11.3. The van der Waals surface area contributed by atoms with E-state index in [1.165, 1.54) is 0 Å². The normalized spacial score (nSPS) is 29.3. The number of methoxy groups -OCH3 is 1. The summed E-state index contributed by atoms with van der Waals surface area (Å²) in [6, 6.07) is 5.67. The molecule has 0 unspecified atom stereocenters. The summed E-state index contributed by atoms with van der Waals surface area (Å²) in [5.74, 6) is 0.00348. The van der Waals surface area contributed by atoms with Crippen LogP contribution < -0.4 is 0 Å². The molecule has 0 bridgehead atoms. The molecule has 108 valence electrons. The van der Waals surface area contributed by atoms with Crippen LogP contribution in [0.2, 0.25) is 0 Å². The van der Waals surface area contributed by atoms with Gasteiger partial charge in [0.25, 0.3) is 5.91 Å². The van der Waals surface area contributed by atoms with Crippen LogP contribution >= 0.6 is 0 Å². The van der Waals surface area contributed by atoms with E-state index in [4.69, 9.17) is 9.47 Å². The number of carbonyl (C=O) groups excluding carboxylic acids is 1. The topological polar surface area (TPSA) is 51.7 Å². The van der Waals surface area contributed by atoms with Crippen molar-refractivity contribution in [2.24, 2.45) is 0 Å². The molecular formula is C15H20N2O3. The third-order valence-electron chi connectivity index (χ3n) is 4.21. The fraction of sp³-hybridized carbons (Fsp3) is 0.600. The van der Waals surface area contributed by atoms with Crippen molar-refractivity contribution in [3.63, 3.8) is 0 Å². The molecule has 0 spiro atoms. The second-order valence-corrected chi connectivity index (χ2v) is 5.42. The van der Waals surface area contributed by atoms with E-state index in [0.717, 1.165) is 18.5 Å². The molecule has 1 amide bonds. The number of carbonyl (C=O) groups is 1. The number of nitrogens with zero attached hydrogens (tertiary/aromatic N) is 2. The lowest BCUT2D eigenvalue weighted by atomic mass is 10.1. The summed E-state index contributed by atoms with van der Waals surface area (Å²) in [5, 5.41) is 0. The zero-order valence-electron chi connectivity index (χ0n) is 11.9. The average molecular weight is 276 g/mol. The van der Waals surface area contributed by atoms with E-state index in [-0.39, 0.29) is 24.2 Å². The van der Waals surface area contributed by atoms with Crippen molar-refractivity contribution < 1.29 is 14.3 Å². The highest BCUT2D eigenvalue weighted by atomic mass is 16.5. The number of aromatic nitrogens is 1. The summed E-state index contributed by atoms with van der Waals surface area (Å²) in [7, 11) is 1.71. The molecule has 5 nitrogen and oxygen atoms in total. The number of amides is 1. The molecule has 0 radical (unpaired) electrons. The van der Waals surface area contributed by atoms with Gasteiger partial charge in [0.2, 0.25) is 0 Å². The molecule has 3 rings (SSSR count). The van der Waals surface area contributed by atoms with Crippen LogP contribution in [0, 0.1) is 6.92 Å². The van der Waals surface area contributed by atoms with Crippen molar-refractivity contribution in [1.29, 1.82) is 0 Å². The number of fused-ring (bicyclic) bond motifs is 1. The minimum atomic E-state index is 0.00232. The SMILES string of the molecule is CO[C@@H]1CC[C@H]2[C@H]1OCCN2C(=O)c1cccc(C)n1. The molecule has 5 heteroatoms. The zero-order chi connectivity index (χ0) is 14.1. The predicted octanol–water partition coefficient (Wildman–Crippen LogP) is 1.41. The minimum absolute atomic E-state index is 0.00232. The lowest BCUT2D eigenvalue weighted by molar-refractivity contribution is -0.0947. The van der Waals surface area contributed by atoms with Crippen LogP contribution in [0.1, 0.15) is 29.0 Å². The molecule has 2 heterocycles. The summed E-state index contributed by atoms with van der Waals surface area (Å²) in [5.41, 5.74) is 1.38. The standard InChI is InChI=1S/C15H20N2O3/c1-10-4-3-5-11(16-10)15(18)17-8-9-20-14-12(17)6-7-13(14)19-2/h3-5,12-14H,6-9H2,1-2H3/t12-,13+,14+/m0/s1. The molecule has 1 saturated heterocycles. The van der Waals surface area contributed by atoms with Gasteiger partial charge in [0.1, 0.15) is 11.8 Å². The van der Waals surface area contributed by atoms with E-state index in [0.29, 0.717) is 18.8 Å². The number of aryl methyl sites for hydroxylation is 1. The maximum Gasteiger partial charge on any atom is 0.272 e. The first kappa shape index (κ1) is 13.5. The zero-order valence-corrected chi connectivity index (χ0v) is 11.9. The molecule has 0 N–H and O–H groups in total.